The van der Waals surface area contributed by atoms with Crippen LogP contribution in [0.15, 0.2) is 76.6 Å². The number of carboxylic acid groups (broad SMARTS) is 1. The molecule has 3 aromatic carbocycles. The van der Waals surface area contributed by atoms with E-state index in [0.717, 1.165) is 16.7 Å². The van der Waals surface area contributed by atoms with Crippen LogP contribution in [-0.4, -0.2) is 35.4 Å². The first-order valence-corrected chi connectivity index (χ1v) is 12.2. The van der Waals surface area contributed by atoms with E-state index >= 15 is 0 Å². The van der Waals surface area contributed by atoms with Crippen molar-refractivity contribution in [1.82, 2.24) is 0 Å². The van der Waals surface area contributed by atoms with Crippen molar-refractivity contribution in [3.8, 4) is 22.6 Å². The Morgan fingerprint density at radius 1 is 1.11 bits per heavy atom. The second kappa shape index (κ2) is 11.1. The molecule has 1 aliphatic rings. The molecule has 0 fully saturated rings. The van der Waals surface area contributed by atoms with Crippen LogP contribution in [0.5, 0.6) is 11.5 Å². The molecule has 4 rings (SSSR count). The fraction of sp³-hybridized carbons (Fsp3) is 0.179. The molecule has 0 spiro atoms. The summed E-state index contributed by atoms with van der Waals surface area (Å²) in [4.78, 5) is 28.1. The maximum absolute atomic E-state index is 12.6. The van der Waals surface area contributed by atoms with Crippen LogP contribution in [-0.2, 0) is 16.0 Å². The third-order valence-electron chi connectivity index (χ3n) is 5.21. The Bertz CT molecular complexity index is 1330. The van der Waals surface area contributed by atoms with Gasteiger partial charge in [0.25, 0.3) is 5.91 Å². The van der Waals surface area contributed by atoms with E-state index in [1.807, 2.05) is 56.3 Å². The average molecular weight is 503 g/mol. The van der Waals surface area contributed by atoms with E-state index in [9.17, 15) is 9.59 Å². The minimum atomic E-state index is -0.886. The number of nitrogens with zero attached hydrogens (tertiary/aromatic N) is 1. The Morgan fingerprint density at radius 3 is 2.47 bits per heavy atom. The molecule has 8 heteroatoms. The zero-order chi connectivity index (χ0) is 25.7. The molecular weight excluding hydrogens is 476 g/mol. The highest BCUT2D eigenvalue weighted by molar-refractivity contribution is 8.18. The first kappa shape index (κ1) is 25.1. The summed E-state index contributed by atoms with van der Waals surface area (Å²) < 4.78 is 11.7. The van der Waals surface area contributed by atoms with Crippen LogP contribution in [0, 0.1) is 0 Å². The van der Waals surface area contributed by atoms with Crippen LogP contribution in [0.4, 0.5) is 5.69 Å². The fourth-order valence-electron chi connectivity index (χ4n) is 3.67. The molecule has 0 atom stereocenters. The van der Waals surface area contributed by atoms with E-state index in [1.165, 1.54) is 11.8 Å². The largest absolute Gasteiger partial charge is 0.493 e. The number of carbonyl (C=O) groups excluding carboxylic acids is 1. The highest BCUT2D eigenvalue weighted by atomic mass is 32.2. The fourth-order valence-corrected chi connectivity index (χ4v) is 4.50. The summed E-state index contributed by atoms with van der Waals surface area (Å²) in [6.45, 7) is 3.92. The molecule has 7 nitrogen and oxygen atoms in total. The van der Waals surface area contributed by atoms with Crippen molar-refractivity contribution >= 4 is 40.6 Å². The summed E-state index contributed by atoms with van der Waals surface area (Å²) in [6.07, 6.45) is 1.70. The number of hydrogen-bond acceptors (Lipinski definition) is 6. The second-order valence-corrected chi connectivity index (χ2v) is 9.39. The monoisotopic (exact) mass is 502 g/mol. The third kappa shape index (κ3) is 6.14. The number of ether oxygens (including phenoxy) is 2. The van der Waals surface area contributed by atoms with Gasteiger partial charge in [-0.15, -0.1) is 0 Å². The molecule has 1 amide bonds. The van der Waals surface area contributed by atoms with Gasteiger partial charge in [-0.05, 0) is 72.6 Å². The van der Waals surface area contributed by atoms with E-state index in [4.69, 9.17) is 14.6 Å². The normalized spacial score (nSPS) is 14.2. The first-order valence-electron chi connectivity index (χ1n) is 11.4. The molecule has 184 valence electrons. The number of hydrogen-bond donors (Lipinski definition) is 2. The molecule has 36 heavy (non-hydrogen) atoms. The van der Waals surface area contributed by atoms with Gasteiger partial charge in [0.15, 0.2) is 16.7 Å². The lowest BCUT2D eigenvalue weighted by atomic mass is 10.0. The number of carbonyl (C=O) groups is 2. The van der Waals surface area contributed by atoms with Gasteiger partial charge < -0.3 is 19.9 Å². The van der Waals surface area contributed by atoms with Crippen LogP contribution >= 0.6 is 11.8 Å². The van der Waals surface area contributed by atoms with Gasteiger partial charge in [-0.1, -0.05) is 42.5 Å². The summed E-state index contributed by atoms with van der Waals surface area (Å²) in [5.41, 5.74) is 4.03. The highest BCUT2D eigenvalue weighted by Crippen LogP contribution is 2.41. The molecule has 0 bridgehead atoms. The predicted molar refractivity (Wildman–Crippen MR) is 144 cm³/mol. The van der Waals surface area contributed by atoms with Gasteiger partial charge in [-0.2, -0.15) is 4.99 Å². The molecule has 0 radical (unpaired) electrons. The molecule has 1 aliphatic heterocycles. The molecular formula is C28H26N2O5S. The van der Waals surface area contributed by atoms with Crippen molar-refractivity contribution in [1.29, 1.82) is 0 Å². The number of benzene rings is 3. The Kier molecular flexibility index (Phi) is 7.75. The number of methoxy groups -OCH3 is 1. The standard InChI is InChI=1S/C28H26N2O5S/c1-17(2)35-26-22(20-7-5-4-6-8-20)13-19(14-23(26)34-3)15-24-27(33)30-28(36-24)29-21-11-9-18(10-12-21)16-25(31)32/h4-15,17H,16H2,1-3H3,(H,31,32)(H,29,30,33)/b24-15+. The number of aliphatic carboxylic acids is 1. The highest BCUT2D eigenvalue weighted by Gasteiger charge is 2.23. The lowest BCUT2D eigenvalue weighted by molar-refractivity contribution is -0.136. The Balaban J connectivity index is 1.59. The van der Waals surface area contributed by atoms with E-state index in [0.29, 0.717) is 32.8 Å². The Labute approximate surface area is 213 Å². The number of nitrogens with one attached hydrogen (secondary N) is 1. The van der Waals surface area contributed by atoms with Crippen LogP contribution < -0.4 is 14.8 Å². The van der Waals surface area contributed by atoms with Gasteiger partial charge >= 0.3 is 5.97 Å². The zero-order valence-electron chi connectivity index (χ0n) is 20.1. The van der Waals surface area contributed by atoms with Crippen LogP contribution in [0.2, 0.25) is 0 Å². The zero-order valence-corrected chi connectivity index (χ0v) is 21.0. The number of amides is 1. The first-order chi connectivity index (χ1) is 17.3. The average Bonchev–Trinajstić information content (AvgIpc) is 3.19. The maximum Gasteiger partial charge on any atom is 0.307 e. The summed E-state index contributed by atoms with van der Waals surface area (Å²) in [5, 5.41) is 12.5. The topological polar surface area (TPSA) is 97.2 Å². The van der Waals surface area contributed by atoms with Gasteiger partial charge in [0.1, 0.15) is 0 Å². The van der Waals surface area contributed by atoms with E-state index in [2.05, 4.69) is 10.3 Å². The van der Waals surface area contributed by atoms with Crippen LogP contribution in [0.25, 0.3) is 17.2 Å². The van der Waals surface area contributed by atoms with Gasteiger partial charge in [0.2, 0.25) is 0 Å². The summed E-state index contributed by atoms with van der Waals surface area (Å²) >= 11 is 1.24. The van der Waals surface area contributed by atoms with Crippen molar-refractivity contribution < 1.29 is 24.2 Å². The number of carboxylic acids is 1. The summed E-state index contributed by atoms with van der Waals surface area (Å²) in [7, 11) is 1.59. The minimum Gasteiger partial charge on any atom is -0.493 e. The molecule has 0 aromatic heterocycles. The molecule has 0 saturated heterocycles. The van der Waals surface area contributed by atoms with E-state index < -0.39 is 5.97 Å². The lowest BCUT2D eigenvalue weighted by Gasteiger charge is -2.19. The lowest BCUT2D eigenvalue weighted by Crippen LogP contribution is -2.08. The van der Waals surface area contributed by atoms with Crippen LogP contribution in [0.1, 0.15) is 25.0 Å². The van der Waals surface area contributed by atoms with Crippen molar-refractivity contribution in [2.24, 2.45) is 4.99 Å². The smallest absolute Gasteiger partial charge is 0.307 e. The maximum atomic E-state index is 12.6. The molecule has 0 unspecified atom stereocenters. The number of anilines is 1. The Morgan fingerprint density at radius 2 is 1.83 bits per heavy atom. The van der Waals surface area contributed by atoms with E-state index in [1.54, 1.807) is 37.5 Å². The minimum absolute atomic E-state index is 0.0437. The number of amidine groups is 1. The van der Waals surface area contributed by atoms with Crippen molar-refractivity contribution in [3.05, 3.63) is 82.8 Å². The van der Waals surface area contributed by atoms with Crippen molar-refractivity contribution in [3.63, 3.8) is 0 Å². The van der Waals surface area contributed by atoms with E-state index in [-0.39, 0.29) is 18.4 Å². The van der Waals surface area contributed by atoms with Crippen molar-refractivity contribution in [2.75, 3.05) is 12.4 Å². The quantitative estimate of drug-likeness (QED) is 0.373. The number of rotatable bonds is 8. The number of aliphatic imine (C=N–C) groups is 1. The SMILES string of the molecule is COc1cc(/C=C2/SC(Nc3ccc(CC(=O)O)cc3)=NC2=O)cc(-c2ccccc2)c1OC(C)C. The van der Waals surface area contributed by atoms with Crippen molar-refractivity contribution in [2.45, 2.75) is 26.4 Å². The number of thioether (sulfide) groups is 1. The van der Waals surface area contributed by atoms with Gasteiger partial charge in [0.05, 0.1) is 24.5 Å². The molecule has 2 N–H and O–H groups in total. The predicted octanol–water partition coefficient (Wildman–Crippen LogP) is 5.86. The third-order valence-corrected chi connectivity index (χ3v) is 6.11. The molecule has 0 aliphatic carbocycles. The van der Waals surface area contributed by atoms with Gasteiger partial charge in [-0.25, -0.2) is 0 Å². The Hall–Kier alpha value is -4.04. The van der Waals surface area contributed by atoms with Gasteiger partial charge in [0, 0.05) is 11.3 Å². The summed E-state index contributed by atoms with van der Waals surface area (Å²) in [5.74, 6) is -0.000313. The molecule has 0 saturated carbocycles. The van der Waals surface area contributed by atoms with Gasteiger partial charge in [-0.3, -0.25) is 9.59 Å². The molecule has 3 aromatic rings. The van der Waals surface area contributed by atoms with Crippen LogP contribution in [0.3, 0.4) is 0 Å². The second-order valence-electron chi connectivity index (χ2n) is 8.36. The summed E-state index contributed by atoms with van der Waals surface area (Å²) in [6, 6.07) is 20.7. The molecule has 1 heterocycles.